The van der Waals surface area contributed by atoms with Gasteiger partial charge in [0.05, 0.1) is 6.67 Å². The molecule has 7 heteroatoms. The lowest BCUT2D eigenvalue weighted by molar-refractivity contribution is -0.137. The lowest BCUT2D eigenvalue weighted by Gasteiger charge is -2.34. The molecule has 1 fully saturated rings. The van der Waals surface area contributed by atoms with Gasteiger partial charge in [-0.3, -0.25) is 9.18 Å². The average molecular weight is 366 g/mol. The first-order chi connectivity index (χ1) is 12.5. The van der Waals surface area contributed by atoms with Gasteiger partial charge in [0.15, 0.2) is 0 Å². The third-order valence-electron chi connectivity index (χ3n) is 4.83. The van der Waals surface area contributed by atoms with Crippen molar-refractivity contribution in [3.05, 3.63) is 35.9 Å². The Morgan fingerprint density at radius 3 is 2.54 bits per heavy atom. The summed E-state index contributed by atoms with van der Waals surface area (Å²) < 4.78 is 18.7. The Bertz CT molecular complexity index is 576. The van der Waals surface area contributed by atoms with Gasteiger partial charge in [0.2, 0.25) is 0 Å². The van der Waals surface area contributed by atoms with E-state index in [1.165, 1.54) is 0 Å². The first-order valence-electron chi connectivity index (χ1n) is 8.97. The van der Waals surface area contributed by atoms with Gasteiger partial charge in [0.25, 0.3) is 0 Å². The smallest absolute Gasteiger partial charge is 0.315 e. The van der Waals surface area contributed by atoms with Crippen LogP contribution in [0.25, 0.3) is 0 Å². The summed E-state index contributed by atoms with van der Waals surface area (Å²) in [5, 5.41) is 14.5. The van der Waals surface area contributed by atoms with Gasteiger partial charge in [0, 0.05) is 37.6 Å². The van der Waals surface area contributed by atoms with E-state index in [1.807, 2.05) is 30.3 Å². The third-order valence-corrected chi connectivity index (χ3v) is 4.83. The topological polar surface area (TPSA) is 87.7 Å². The summed E-state index contributed by atoms with van der Waals surface area (Å²) in [5.74, 6) is -0.899. The van der Waals surface area contributed by atoms with Crippen molar-refractivity contribution in [2.45, 2.75) is 38.1 Å². The van der Waals surface area contributed by atoms with Crippen LogP contribution in [-0.2, 0) is 16.0 Å². The standard InChI is InChI=1S/C19H27FN2O4/c20-13-19(8-10-26-11-9-19)14-21-18(25)22-16(6-7-17(23)24)12-15-4-2-1-3-5-15/h1-5,16H,6-14H2,(H,23,24)(H2,21,22,25). The van der Waals surface area contributed by atoms with Crippen molar-refractivity contribution in [2.24, 2.45) is 5.41 Å². The van der Waals surface area contributed by atoms with Crippen LogP contribution in [-0.4, -0.2) is 49.6 Å². The molecule has 0 spiro atoms. The molecule has 1 aliphatic rings. The van der Waals surface area contributed by atoms with Crippen LogP contribution in [0.15, 0.2) is 30.3 Å². The number of carboxylic acid groups (broad SMARTS) is 1. The first kappa shape index (κ1) is 20.2. The second kappa shape index (κ2) is 10.1. The summed E-state index contributed by atoms with van der Waals surface area (Å²) in [6.45, 7) is 0.754. The number of carbonyl (C=O) groups excluding carboxylic acids is 1. The van der Waals surface area contributed by atoms with Crippen LogP contribution in [0.3, 0.4) is 0 Å². The van der Waals surface area contributed by atoms with Crippen LogP contribution in [0, 0.1) is 5.41 Å². The van der Waals surface area contributed by atoms with E-state index in [1.54, 1.807) is 0 Å². The second-order valence-corrected chi connectivity index (χ2v) is 6.89. The minimum absolute atomic E-state index is 0.0243. The van der Waals surface area contributed by atoms with Crippen LogP contribution >= 0.6 is 0 Å². The minimum atomic E-state index is -0.899. The fourth-order valence-electron chi connectivity index (χ4n) is 3.09. The summed E-state index contributed by atoms with van der Waals surface area (Å²) in [6.07, 6.45) is 2.01. The Labute approximate surface area is 153 Å². The summed E-state index contributed by atoms with van der Waals surface area (Å²) in [7, 11) is 0. The van der Waals surface area contributed by atoms with Crippen LogP contribution in [0.4, 0.5) is 9.18 Å². The highest BCUT2D eigenvalue weighted by atomic mass is 19.1. The molecule has 1 aliphatic heterocycles. The Morgan fingerprint density at radius 1 is 1.23 bits per heavy atom. The van der Waals surface area contributed by atoms with Gasteiger partial charge in [-0.2, -0.15) is 0 Å². The molecule has 1 aromatic carbocycles. The number of nitrogens with one attached hydrogen (secondary N) is 2. The number of rotatable bonds is 9. The number of ether oxygens (including phenoxy) is 1. The van der Waals surface area contributed by atoms with E-state index in [2.05, 4.69) is 10.6 Å². The number of alkyl halides is 1. The molecule has 1 aromatic rings. The fraction of sp³-hybridized carbons (Fsp3) is 0.579. The largest absolute Gasteiger partial charge is 0.481 e. The monoisotopic (exact) mass is 366 g/mol. The van der Waals surface area contributed by atoms with Crippen molar-refractivity contribution in [3.8, 4) is 0 Å². The molecule has 3 N–H and O–H groups in total. The maximum Gasteiger partial charge on any atom is 0.315 e. The molecule has 26 heavy (non-hydrogen) atoms. The Hall–Kier alpha value is -2.15. The van der Waals surface area contributed by atoms with E-state index in [-0.39, 0.29) is 19.0 Å². The van der Waals surface area contributed by atoms with Crippen molar-refractivity contribution in [3.63, 3.8) is 0 Å². The van der Waals surface area contributed by atoms with E-state index in [0.29, 0.717) is 38.9 Å². The van der Waals surface area contributed by atoms with Crippen LogP contribution < -0.4 is 10.6 Å². The number of amides is 2. The normalized spacial score (nSPS) is 17.3. The molecule has 0 radical (unpaired) electrons. The molecule has 2 rings (SSSR count). The van der Waals surface area contributed by atoms with E-state index >= 15 is 0 Å². The Morgan fingerprint density at radius 2 is 1.92 bits per heavy atom. The summed E-state index contributed by atoms with van der Waals surface area (Å²) >= 11 is 0. The van der Waals surface area contributed by atoms with Crippen molar-refractivity contribution in [1.29, 1.82) is 0 Å². The van der Waals surface area contributed by atoms with Crippen molar-refractivity contribution < 1.29 is 23.8 Å². The lowest BCUT2D eigenvalue weighted by Crippen LogP contribution is -2.48. The van der Waals surface area contributed by atoms with Gasteiger partial charge in [-0.05, 0) is 31.2 Å². The number of carbonyl (C=O) groups is 2. The molecule has 1 unspecified atom stereocenters. The van der Waals surface area contributed by atoms with Crippen LogP contribution in [0.2, 0.25) is 0 Å². The summed E-state index contributed by atoms with van der Waals surface area (Å²) in [6, 6.07) is 8.89. The maximum atomic E-state index is 13.5. The molecule has 6 nitrogen and oxygen atoms in total. The zero-order chi connectivity index (χ0) is 18.8. The van der Waals surface area contributed by atoms with Crippen molar-refractivity contribution in [2.75, 3.05) is 26.4 Å². The number of hydrogen-bond donors (Lipinski definition) is 3. The minimum Gasteiger partial charge on any atom is -0.481 e. The molecule has 1 atom stereocenters. The molecule has 0 bridgehead atoms. The highest BCUT2D eigenvalue weighted by Gasteiger charge is 2.33. The number of aliphatic carboxylic acids is 1. The highest BCUT2D eigenvalue weighted by Crippen LogP contribution is 2.30. The molecule has 144 valence electrons. The molecule has 2 amide bonds. The van der Waals surface area contributed by atoms with Gasteiger partial charge in [0.1, 0.15) is 0 Å². The molecule has 0 aliphatic carbocycles. The van der Waals surface area contributed by atoms with Crippen LogP contribution in [0.1, 0.15) is 31.2 Å². The van der Waals surface area contributed by atoms with Crippen LogP contribution in [0.5, 0.6) is 0 Å². The van der Waals surface area contributed by atoms with Gasteiger partial charge < -0.3 is 20.5 Å². The molecule has 0 aromatic heterocycles. The van der Waals surface area contributed by atoms with Crippen molar-refractivity contribution in [1.82, 2.24) is 10.6 Å². The Kier molecular flexibility index (Phi) is 7.84. The quantitative estimate of drug-likeness (QED) is 0.627. The lowest BCUT2D eigenvalue weighted by atomic mass is 9.81. The summed E-state index contributed by atoms with van der Waals surface area (Å²) in [5.41, 5.74) is 0.457. The van der Waals surface area contributed by atoms with E-state index < -0.39 is 24.1 Å². The third kappa shape index (κ3) is 6.63. The molecular weight excluding hydrogens is 339 g/mol. The molecule has 0 saturated carbocycles. The Balaban J connectivity index is 1.88. The zero-order valence-corrected chi connectivity index (χ0v) is 14.9. The number of hydrogen-bond acceptors (Lipinski definition) is 3. The zero-order valence-electron chi connectivity index (χ0n) is 14.9. The predicted octanol–water partition coefficient (Wildman–Crippen LogP) is 2.53. The summed E-state index contributed by atoms with van der Waals surface area (Å²) in [4.78, 5) is 23.1. The molecular formula is C19H27FN2O4. The van der Waals surface area contributed by atoms with E-state index in [9.17, 15) is 14.0 Å². The molecule has 1 heterocycles. The number of carboxylic acids is 1. The first-order valence-corrected chi connectivity index (χ1v) is 8.97. The second-order valence-electron chi connectivity index (χ2n) is 6.89. The number of halogens is 1. The fourth-order valence-corrected chi connectivity index (χ4v) is 3.09. The average Bonchev–Trinajstić information content (AvgIpc) is 2.66. The van der Waals surface area contributed by atoms with Gasteiger partial charge in [-0.15, -0.1) is 0 Å². The van der Waals surface area contributed by atoms with Gasteiger partial charge in [-0.1, -0.05) is 30.3 Å². The van der Waals surface area contributed by atoms with Gasteiger partial charge >= 0.3 is 12.0 Å². The highest BCUT2D eigenvalue weighted by molar-refractivity contribution is 5.74. The SMILES string of the molecule is O=C(O)CCC(Cc1ccccc1)NC(=O)NCC1(CF)CCOCC1. The predicted molar refractivity (Wildman–Crippen MR) is 95.8 cm³/mol. The number of urea groups is 1. The number of benzene rings is 1. The van der Waals surface area contributed by atoms with Gasteiger partial charge in [-0.25, -0.2) is 4.79 Å². The maximum absolute atomic E-state index is 13.5. The van der Waals surface area contributed by atoms with E-state index in [0.717, 1.165) is 5.56 Å². The van der Waals surface area contributed by atoms with E-state index in [4.69, 9.17) is 9.84 Å². The van der Waals surface area contributed by atoms with Crippen molar-refractivity contribution >= 4 is 12.0 Å². The molecule has 1 saturated heterocycles.